The lowest BCUT2D eigenvalue weighted by molar-refractivity contribution is -0.0498. The Kier molecular flexibility index (Phi) is 5.37. The van der Waals surface area contributed by atoms with Crippen LogP contribution in [0.4, 0.5) is 14.5 Å². The number of nitrogens with one attached hydrogen (secondary N) is 1. The van der Waals surface area contributed by atoms with Gasteiger partial charge in [-0.05, 0) is 48.9 Å². The molecule has 21 heavy (non-hydrogen) atoms. The fourth-order valence-electron chi connectivity index (χ4n) is 1.83. The minimum absolute atomic E-state index is 0.150. The smallest absolute Gasteiger partial charge is 0.387 e. The highest BCUT2D eigenvalue weighted by atomic mass is 19.3. The Morgan fingerprint density at radius 1 is 0.952 bits per heavy atom. The Balaban J connectivity index is 1.87. The lowest BCUT2D eigenvalue weighted by Gasteiger charge is -2.09. The van der Waals surface area contributed by atoms with E-state index < -0.39 is 6.61 Å². The van der Waals surface area contributed by atoms with E-state index in [4.69, 9.17) is 4.74 Å². The summed E-state index contributed by atoms with van der Waals surface area (Å²) in [6.45, 7) is 0.427. The molecule has 2 aromatic rings. The summed E-state index contributed by atoms with van der Waals surface area (Å²) in [6.07, 6.45) is 0. The van der Waals surface area contributed by atoms with Gasteiger partial charge in [-0.3, -0.25) is 0 Å². The largest absolute Gasteiger partial charge is 0.494 e. The standard InChI is InChI=1S/C16H17F2NO2/c1-2-20-14-7-3-12(4-8-14)11-19-13-5-9-15(10-6-13)21-16(17)18/h3-10,16,19H,2,11H2,1H3. The van der Waals surface area contributed by atoms with Crippen LogP contribution in [0.2, 0.25) is 0 Å². The van der Waals surface area contributed by atoms with Crippen LogP contribution in [0.15, 0.2) is 48.5 Å². The van der Waals surface area contributed by atoms with Gasteiger partial charge in [-0.25, -0.2) is 0 Å². The van der Waals surface area contributed by atoms with Gasteiger partial charge in [0.05, 0.1) is 6.61 Å². The molecule has 2 rings (SSSR count). The predicted octanol–water partition coefficient (Wildman–Crippen LogP) is 4.30. The minimum Gasteiger partial charge on any atom is -0.494 e. The van der Waals surface area contributed by atoms with E-state index in [9.17, 15) is 8.78 Å². The van der Waals surface area contributed by atoms with Crippen molar-refractivity contribution in [1.82, 2.24) is 0 Å². The van der Waals surface area contributed by atoms with Gasteiger partial charge in [-0.2, -0.15) is 8.78 Å². The van der Waals surface area contributed by atoms with Crippen molar-refractivity contribution in [3.05, 3.63) is 54.1 Å². The number of hydrogen-bond donors (Lipinski definition) is 1. The Bertz CT molecular complexity index is 541. The topological polar surface area (TPSA) is 30.5 Å². The highest BCUT2D eigenvalue weighted by Gasteiger charge is 2.03. The van der Waals surface area contributed by atoms with Crippen LogP contribution in [0.1, 0.15) is 12.5 Å². The molecule has 0 saturated carbocycles. The van der Waals surface area contributed by atoms with Crippen LogP contribution in [0.5, 0.6) is 11.5 Å². The normalized spacial score (nSPS) is 10.5. The third-order valence-electron chi connectivity index (χ3n) is 2.81. The third kappa shape index (κ3) is 4.95. The van der Waals surface area contributed by atoms with Gasteiger partial charge >= 0.3 is 6.61 Å². The number of alkyl halides is 2. The molecule has 0 bridgehead atoms. The van der Waals surface area contributed by atoms with Crippen molar-refractivity contribution in [1.29, 1.82) is 0 Å². The fourth-order valence-corrected chi connectivity index (χ4v) is 1.83. The zero-order valence-corrected chi connectivity index (χ0v) is 11.7. The van der Waals surface area contributed by atoms with E-state index in [1.807, 2.05) is 31.2 Å². The van der Waals surface area contributed by atoms with Crippen LogP contribution in [0.25, 0.3) is 0 Å². The molecule has 0 radical (unpaired) electrons. The first-order valence-corrected chi connectivity index (χ1v) is 6.68. The Labute approximate surface area is 122 Å². The van der Waals surface area contributed by atoms with E-state index >= 15 is 0 Å². The molecule has 0 spiro atoms. The van der Waals surface area contributed by atoms with Crippen molar-refractivity contribution >= 4 is 5.69 Å². The number of rotatable bonds is 7. The van der Waals surface area contributed by atoms with Gasteiger partial charge in [-0.15, -0.1) is 0 Å². The molecule has 0 amide bonds. The fraction of sp³-hybridized carbons (Fsp3) is 0.250. The molecule has 5 heteroatoms. The van der Waals surface area contributed by atoms with Gasteiger partial charge in [0.2, 0.25) is 0 Å². The van der Waals surface area contributed by atoms with E-state index in [-0.39, 0.29) is 5.75 Å². The van der Waals surface area contributed by atoms with Gasteiger partial charge in [0, 0.05) is 12.2 Å². The van der Waals surface area contributed by atoms with Crippen LogP contribution in [-0.4, -0.2) is 13.2 Å². The zero-order valence-electron chi connectivity index (χ0n) is 11.7. The summed E-state index contributed by atoms with van der Waals surface area (Å²) in [4.78, 5) is 0. The molecule has 0 aliphatic rings. The molecule has 112 valence electrons. The van der Waals surface area contributed by atoms with Crippen molar-refractivity contribution in [3.63, 3.8) is 0 Å². The summed E-state index contributed by atoms with van der Waals surface area (Å²) in [5.41, 5.74) is 1.94. The Hall–Kier alpha value is -2.30. The molecule has 0 aromatic heterocycles. The molecule has 0 fully saturated rings. The second-order valence-corrected chi connectivity index (χ2v) is 4.33. The number of ether oxygens (including phenoxy) is 2. The third-order valence-corrected chi connectivity index (χ3v) is 2.81. The molecule has 1 N–H and O–H groups in total. The maximum Gasteiger partial charge on any atom is 0.387 e. The summed E-state index contributed by atoms with van der Waals surface area (Å²) >= 11 is 0. The highest BCUT2D eigenvalue weighted by Crippen LogP contribution is 2.19. The molecular formula is C16H17F2NO2. The monoisotopic (exact) mass is 293 g/mol. The molecule has 0 aliphatic carbocycles. The summed E-state index contributed by atoms with van der Waals surface area (Å²) in [5.74, 6) is 0.992. The van der Waals surface area contributed by atoms with E-state index in [1.165, 1.54) is 12.1 Å². The molecule has 2 aromatic carbocycles. The van der Waals surface area contributed by atoms with Crippen LogP contribution in [-0.2, 0) is 6.54 Å². The first-order valence-electron chi connectivity index (χ1n) is 6.68. The molecule has 3 nitrogen and oxygen atoms in total. The first-order chi connectivity index (χ1) is 10.2. The number of hydrogen-bond acceptors (Lipinski definition) is 3. The van der Waals surface area contributed by atoms with Gasteiger partial charge in [0.25, 0.3) is 0 Å². The Morgan fingerprint density at radius 2 is 1.57 bits per heavy atom. The van der Waals surface area contributed by atoms with E-state index in [2.05, 4.69) is 10.1 Å². The maximum absolute atomic E-state index is 12.0. The Morgan fingerprint density at radius 3 is 2.14 bits per heavy atom. The number of benzene rings is 2. The second kappa shape index (κ2) is 7.47. The molecule has 0 unspecified atom stereocenters. The zero-order chi connectivity index (χ0) is 15.1. The average molecular weight is 293 g/mol. The lowest BCUT2D eigenvalue weighted by atomic mass is 10.2. The molecular weight excluding hydrogens is 276 g/mol. The predicted molar refractivity (Wildman–Crippen MR) is 78.0 cm³/mol. The summed E-state index contributed by atoms with van der Waals surface area (Å²) in [5, 5.41) is 3.21. The highest BCUT2D eigenvalue weighted by molar-refractivity contribution is 5.47. The quantitative estimate of drug-likeness (QED) is 0.825. The first kappa shape index (κ1) is 15.1. The van der Waals surface area contributed by atoms with E-state index in [0.29, 0.717) is 13.2 Å². The average Bonchev–Trinajstić information content (AvgIpc) is 2.48. The van der Waals surface area contributed by atoms with E-state index in [1.54, 1.807) is 12.1 Å². The van der Waals surface area contributed by atoms with Crippen LogP contribution in [0.3, 0.4) is 0 Å². The van der Waals surface area contributed by atoms with Crippen LogP contribution in [0, 0.1) is 0 Å². The lowest BCUT2D eigenvalue weighted by Crippen LogP contribution is -2.02. The van der Waals surface area contributed by atoms with Crippen LogP contribution >= 0.6 is 0 Å². The number of halogens is 2. The van der Waals surface area contributed by atoms with Crippen molar-refractivity contribution in [3.8, 4) is 11.5 Å². The summed E-state index contributed by atoms with van der Waals surface area (Å²) in [6, 6.07) is 14.2. The summed E-state index contributed by atoms with van der Waals surface area (Å²) in [7, 11) is 0. The molecule has 0 atom stereocenters. The van der Waals surface area contributed by atoms with E-state index in [0.717, 1.165) is 17.0 Å². The minimum atomic E-state index is -2.80. The van der Waals surface area contributed by atoms with Gasteiger partial charge in [-0.1, -0.05) is 12.1 Å². The molecule has 0 saturated heterocycles. The SMILES string of the molecule is CCOc1ccc(CNc2ccc(OC(F)F)cc2)cc1. The van der Waals surface area contributed by atoms with Crippen molar-refractivity contribution in [2.24, 2.45) is 0 Å². The second-order valence-electron chi connectivity index (χ2n) is 4.33. The van der Waals surface area contributed by atoms with Gasteiger partial charge in [0.1, 0.15) is 11.5 Å². The van der Waals surface area contributed by atoms with Crippen molar-refractivity contribution in [2.75, 3.05) is 11.9 Å². The maximum atomic E-state index is 12.0. The van der Waals surface area contributed by atoms with Crippen LogP contribution < -0.4 is 14.8 Å². The summed E-state index contributed by atoms with van der Waals surface area (Å²) < 4.78 is 33.7. The van der Waals surface area contributed by atoms with Gasteiger partial charge in [0.15, 0.2) is 0 Å². The van der Waals surface area contributed by atoms with Gasteiger partial charge < -0.3 is 14.8 Å². The number of anilines is 1. The van der Waals surface area contributed by atoms with Crippen molar-refractivity contribution < 1.29 is 18.3 Å². The molecule has 0 aliphatic heterocycles. The van der Waals surface area contributed by atoms with Crippen molar-refractivity contribution in [2.45, 2.75) is 20.1 Å². The molecule has 0 heterocycles.